The molecule has 0 radical (unpaired) electrons. The molecule has 1 N–H and O–H groups in total. The van der Waals surface area contributed by atoms with Crippen molar-refractivity contribution in [1.82, 2.24) is 24.8 Å². The number of nitrogens with zero attached hydrogens (tertiary/aromatic N) is 4. The summed E-state index contributed by atoms with van der Waals surface area (Å²) in [4.78, 5) is 19.6. The van der Waals surface area contributed by atoms with Gasteiger partial charge in [-0.1, -0.05) is 29.8 Å². The van der Waals surface area contributed by atoms with E-state index in [1.165, 1.54) is 0 Å². The average Bonchev–Trinajstić information content (AvgIpc) is 3.03. The molecule has 1 unspecified atom stereocenters. The number of fused-ring (bicyclic) bond motifs is 1. The second kappa shape index (κ2) is 7.84. The third kappa shape index (κ3) is 3.52. The first kappa shape index (κ1) is 19.6. The Labute approximate surface area is 168 Å². The number of hydrogen-bond acceptors (Lipinski definition) is 4. The quantitative estimate of drug-likeness (QED) is 0.710. The van der Waals surface area contributed by atoms with Crippen molar-refractivity contribution in [3.63, 3.8) is 0 Å². The van der Waals surface area contributed by atoms with Crippen LogP contribution in [0.2, 0.25) is 5.02 Å². The van der Waals surface area contributed by atoms with E-state index in [2.05, 4.69) is 15.4 Å². The Morgan fingerprint density at radius 1 is 1.30 bits per heavy atom. The number of halogens is 2. The number of rotatable bonds is 2. The Morgan fingerprint density at radius 2 is 2.07 bits per heavy atom. The van der Waals surface area contributed by atoms with E-state index in [4.69, 9.17) is 11.6 Å². The highest BCUT2D eigenvalue weighted by molar-refractivity contribution is 6.31. The van der Waals surface area contributed by atoms with E-state index in [0.29, 0.717) is 23.7 Å². The van der Waals surface area contributed by atoms with E-state index in [-0.39, 0.29) is 24.4 Å². The van der Waals surface area contributed by atoms with Gasteiger partial charge in [-0.15, -0.1) is 12.4 Å². The van der Waals surface area contributed by atoms with Gasteiger partial charge in [0.25, 0.3) is 5.91 Å². The van der Waals surface area contributed by atoms with Crippen LogP contribution in [0, 0.1) is 13.8 Å². The zero-order chi connectivity index (χ0) is 18.3. The van der Waals surface area contributed by atoms with Crippen LogP contribution in [0.25, 0.3) is 5.65 Å². The average molecular weight is 406 g/mol. The van der Waals surface area contributed by atoms with Crippen LogP contribution in [0.1, 0.15) is 33.4 Å². The van der Waals surface area contributed by atoms with Crippen LogP contribution in [0.15, 0.2) is 36.5 Å². The molecule has 0 spiro atoms. The van der Waals surface area contributed by atoms with E-state index < -0.39 is 0 Å². The lowest BCUT2D eigenvalue weighted by Gasteiger charge is -2.37. The third-order valence-corrected chi connectivity index (χ3v) is 5.19. The highest BCUT2D eigenvalue weighted by Crippen LogP contribution is 2.30. The number of amides is 1. The molecule has 27 heavy (non-hydrogen) atoms. The van der Waals surface area contributed by atoms with Gasteiger partial charge in [0.2, 0.25) is 0 Å². The van der Waals surface area contributed by atoms with E-state index in [1.54, 1.807) is 10.7 Å². The highest BCUT2D eigenvalue weighted by Gasteiger charge is 2.31. The molecule has 142 valence electrons. The standard InChI is InChI=1S/C19H20ClN5O.ClH/c1-12-9-18-22-10-15(13(2)25(18)23-12)19(26)24-8-7-21-11-17(24)14-5-3-4-6-16(14)20;/h3-6,9-10,17,21H,7-8,11H2,1-2H3;1H. The summed E-state index contributed by atoms with van der Waals surface area (Å²) in [6.45, 7) is 5.86. The summed E-state index contributed by atoms with van der Waals surface area (Å²) < 4.78 is 1.73. The number of benzene rings is 1. The fourth-order valence-corrected chi connectivity index (χ4v) is 3.76. The summed E-state index contributed by atoms with van der Waals surface area (Å²) in [5.74, 6) is -0.0449. The van der Waals surface area contributed by atoms with Gasteiger partial charge in [-0.3, -0.25) is 4.79 Å². The fraction of sp³-hybridized carbons (Fsp3) is 0.316. The summed E-state index contributed by atoms with van der Waals surface area (Å²) in [5, 5.41) is 8.47. The minimum atomic E-state index is -0.112. The van der Waals surface area contributed by atoms with Crippen molar-refractivity contribution in [2.24, 2.45) is 0 Å². The van der Waals surface area contributed by atoms with Crippen molar-refractivity contribution >= 4 is 35.6 Å². The zero-order valence-electron chi connectivity index (χ0n) is 15.1. The molecule has 3 aromatic rings. The van der Waals surface area contributed by atoms with Gasteiger partial charge in [0, 0.05) is 36.9 Å². The molecule has 0 bridgehead atoms. The van der Waals surface area contributed by atoms with Gasteiger partial charge >= 0.3 is 0 Å². The molecule has 0 aliphatic carbocycles. The second-order valence-corrected chi connectivity index (χ2v) is 6.96. The summed E-state index contributed by atoms with van der Waals surface area (Å²) in [7, 11) is 0. The van der Waals surface area contributed by atoms with Gasteiger partial charge in [-0.25, -0.2) is 9.50 Å². The van der Waals surface area contributed by atoms with Crippen LogP contribution in [-0.4, -0.2) is 45.0 Å². The maximum absolute atomic E-state index is 13.3. The Balaban J connectivity index is 0.00000210. The minimum absolute atomic E-state index is 0. The molecule has 6 nitrogen and oxygen atoms in total. The second-order valence-electron chi connectivity index (χ2n) is 6.55. The molecule has 8 heteroatoms. The smallest absolute Gasteiger partial charge is 0.257 e. The monoisotopic (exact) mass is 405 g/mol. The number of hydrogen-bond donors (Lipinski definition) is 1. The van der Waals surface area contributed by atoms with Crippen molar-refractivity contribution in [3.8, 4) is 0 Å². The van der Waals surface area contributed by atoms with Crippen molar-refractivity contribution in [1.29, 1.82) is 0 Å². The molecule has 1 saturated heterocycles. The predicted molar refractivity (Wildman–Crippen MR) is 108 cm³/mol. The van der Waals surface area contributed by atoms with Crippen LogP contribution in [0.4, 0.5) is 0 Å². The van der Waals surface area contributed by atoms with E-state index in [0.717, 1.165) is 29.1 Å². The predicted octanol–water partition coefficient (Wildman–Crippen LogP) is 3.21. The number of carbonyl (C=O) groups excluding carboxylic acids is 1. The molecule has 1 aliphatic rings. The first-order chi connectivity index (χ1) is 12.6. The lowest BCUT2D eigenvalue weighted by atomic mass is 10.0. The van der Waals surface area contributed by atoms with Crippen LogP contribution >= 0.6 is 24.0 Å². The van der Waals surface area contributed by atoms with E-state index >= 15 is 0 Å². The molecular formula is C19H21Cl2N5O. The largest absolute Gasteiger partial charge is 0.329 e. The summed E-state index contributed by atoms with van der Waals surface area (Å²) in [5.41, 5.74) is 3.95. The summed E-state index contributed by atoms with van der Waals surface area (Å²) in [6.07, 6.45) is 1.65. The van der Waals surface area contributed by atoms with E-state index in [1.807, 2.05) is 49.1 Å². The zero-order valence-corrected chi connectivity index (χ0v) is 16.7. The number of piperazine rings is 1. The Kier molecular flexibility index (Phi) is 5.69. The number of aromatic nitrogens is 3. The topological polar surface area (TPSA) is 62.5 Å². The molecule has 1 amide bonds. The molecule has 1 atom stereocenters. The molecule has 1 aliphatic heterocycles. The fourth-order valence-electron chi connectivity index (χ4n) is 3.50. The van der Waals surface area contributed by atoms with Crippen LogP contribution in [0.3, 0.4) is 0 Å². The molecule has 3 heterocycles. The first-order valence-electron chi connectivity index (χ1n) is 8.64. The SMILES string of the molecule is Cc1cc2ncc(C(=O)N3CCNCC3c3ccccc3Cl)c(C)n2n1.Cl. The number of aryl methyl sites for hydroxylation is 2. The van der Waals surface area contributed by atoms with Crippen molar-refractivity contribution in [3.05, 3.63) is 64.1 Å². The normalized spacial score (nSPS) is 17.0. The molecule has 1 fully saturated rings. The maximum Gasteiger partial charge on any atom is 0.257 e. The van der Waals surface area contributed by atoms with Gasteiger partial charge in [0.1, 0.15) is 0 Å². The van der Waals surface area contributed by atoms with Crippen molar-refractivity contribution in [2.45, 2.75) is 19.9 Å². The lowest BCUT2D eigenvalue weighted by molar-refractivity contribution is 0.0632. The van der Waals surface area contributed by atoms with Gasteiger partial charge in [0.15, 0.2) is 5.65 Å². The van der Waals surface area contributed by atoms with Crippen molar-refractivity contribution in [2.75, 3.05) is 19.6 Å². The van der Waals surface area contributed by atoms with E-state index in [9.17, 15) is 4.79 Å². The number of nitrogens with one attached hydrogen (secondary N) is 1. The van der Waals surface area contributed by atoms with Crippen LogP contribution in [0.5, 0.6) is 0 Å². The van der Waals surface area contributed by atoms with Crippen molar-refractivity contribution < 1.29 is 4.79 Å². The van der Waals surface area contributed by atoms with Gasteiger partial charge in [-0.2, -0.15) is 5.10 Å². The molecule has 1 aromatic carbocycles. The number of carbonyl (C=O) groups is 1. The molecule has 0 saturated carbocycles. The Hall–Kier alpha value is -2.15. The summed E-state index contributed by atoms with van der Waals surface area (Å²) >= 11 is 6.39. The van der Waals surface area contributed by atoms with Gasteiger partial charge < -0.3 is 10.2 Å². The van der Waals surface area contributed by atoms with Crippen LogP contribution in [-0.2, 0) is 0 Å². The summed E-state index contributed by atoms with van der Waals surface area (Å²) in [6, 6.07) is 9.48. The van der Waals surface area contributed by atoms with Gasteiger partial charge in [-0.05, 0) is 25.5 Å². The van der Waals surface area contributed by atoms with Crippen LogP contribution < -0.4 is 5.32 Å². The minimum Gasteiger partial charge on any atom is -0.329 e. The first-order valence-corrected chi connectivity index (χ1v) is 9.02. The molecule has 4 rings (SSSR count). The highest BCUT2D eigenvalue weighted by atomic mass is 35.5. The maximum atomic E-state index is 13.3. The molecular weight excluding hydrogens is 385 g/mol. The Bertz CT molecular complexity index is 987. The van der Waals surface area contributed by atoms with Gasteiger partial charge in [0.05, 0.1) is 23.0 Å². The molecule has 2 aromatic heterocycles. The third-order valence-electron chi connectivity index (χ3n) is 4.85. The Morgan fingerprint density at radius 3 is 2.85 bits per heavy atom. The lowest BCUT2D eigenvalue weighted by Crippen LogP contribution is -2.49.